The van der Waals surface area contributed by atoms with Gasteiger partial charge in [0.1, 0.15) is 12.4 Å². The lowest BCUT2D eigenvalue weighted by Crippen LogP contribution is -2.32. The third-order valence-electron chi connectivity index (χ3n) is 5.43. The molecule has 0 bridgehead atoms. The van der Waals surface area contributed by atoms with Gasteiger partial charge in [0.05, 0.1) is 11.4 Å². The van der Waals surface area contributed by atoms with E-state index in [0.29, 0.717) is 15.7 Å². The highest BCUT2D eigenvalue weighted by Gasteiger charge is 2.35. The molecule has 0 aliphatic carbocycles. The van der Waals surface area contributed by atoms with Crippen molar-refractivity contribution in [1.29, 1.82) is 0 Å². The van der Waals surface area contributed by atoms with Crippen molar-refractivity contribution in [2.45, 2.75) is 20.8 Å². The van der Waals surface area contributed by atoms with E-state index in [2.05, 4.69) is 39.6 Å². The van der Waals surface area contributed by atoms with Gasteiger partial charge in [-0.3, -0.25) is 14.5 Å². The maximum atomic E-state index is 12.9. The summed E-state index contributed by atoms with van der Waals surface area (Å²) in [7, 11) is 0. The van der Waals surface area contributed by atoms with Crippen molar-refractivity contribution in [3.63, 3.8) is 0 Å². The third kappa shape index (κ3) is 5.05. The molecule has 0 atom stereocenters. The molecule has 3 aromatic rings. The van der Waals surface area contributed by atoms with Gasteiger partial charge >= 0.3 is 0 Å². The number of hydrogen-bond donors (Lipinski definition) is 0. The molecule has 170 valence electrons. The van der Waals surface area contributed by atoms with Crippen molar-refractivity contribution in [2.24, 2.45) is 0 Å². The van der Waals surface area contributed by atoms with Crippen molar-refractivity contribution < 1.29 is 14.3 Å². The number of carbonyl (C=O) groups excluding carboxylic acids is 2. The Morgan fingerprint density at radius 3 is 2.48 bits per heavy atom. The van der Waals surface area contributed by atoms with E-state index >= 15 is 0 Å². The van der Waals surface area contributed by atoms with E-state index in [1.54, 1.807) is 30.3 Å². The van der Waals surface area contributed by atoms with Gasteiger partial charge in [0.15, 0.2) is 0 Å². The molecule has 2 amide bonds. The van der Waals surface area contributed by atoms with Crippen LogP contribution in [0.4, 0.5) is 4.79 Å². The Bertz CT molecular complexity index is 1270. The van der Waals surface area contributed by atoms with Gasteiger partial charge in [-0.15, -0.1) is 0 Å². The van der Waals surface area contributed by atoms with Crippen LogP contribution in [0.2, 0.25) is 5.02 Å². The first-order valence-corrected chi connectivity index (χ1v) is 12.3. The number of rotatable bonds is 6. The summed E-state index contributed by atoms with van der Waals surface area (Å²) in [5.41, 5.74) is 5.17. The second kappa shape index (κ2) is 9.79. The van der Waals surface area contributed by atoms with E-state index < -0.39 is 0 Å². The van der Waals surface area contributed by atoms with Crippen molar-refractivity contribution in [1.82, 2.24) is 9.47 Å². The zero-order valence-electron chi connectivity index (χ0n) is 18.4. The highest BCUT2D eigenvalue weighted by molar-refractivity contribution is 9.10. The Balaban J connectivity index is 1.50. The van der Waals surface area contributed by atoms with Gasteiger partial charge in [-0.2, -0.15) is 0 Å². The fourth-order valence-corrected chi connectivity index (χ4v) is 4.95. The van der Waals surface area contributed by atoms with Crippen LogP contribution in [0.5, 0.6) is 5.75 Å². The number of thioether (sulfide) groups is 1. The van der Waals surface area contributed by atoms with Crippen LogP contribution in [0.3, 0.4) is 0 Å². The smallest absolute Gasteiger partial charge is 0.293 e. The molecule has 0 N–H and O–H groups in total. The summed E-state index contributed by atoms with van der Waals surface area (Å²) in [5, 5.41) is 0.330. The lowest BCUT2D eigenvalue weighted by Gasteiger charge is -2.13. The summed E-state index contributed by atoms with van der Waals surface area (Å²) in [6.07, 6.45) is 1.80. The Labute approximate surface area is 210 Å². The predicted octanol–water partition coefficient (Wildman–Crippen LogP) is 6.93. The molecule has 0 saturated carbocycles. The number of nitrogens with zero attached hydrogens (tertiary/aromatic N) is 2. The van der Waals surface area contributed by atoms with Crippen molar-refractivity contribution in [3.8, 4) is 11.4 Å². The standard InChI is InChI=1S/C25H22BrClN2O3S/c1-15-12-20(6-9-22(15)26)29-16(2)13-18(17(29)3)14-23-24(30)28(25(31)33-23)10-11-32-21-7-4-19(27)5-8-21/h4-9,12-14H,10-11H2,1-3H3/b23-14-. The molecular formula is C25H22BrClN2O3S. The fraction of sp³-hybridized carbons (Fsp3) is 0.200. The predicted molar refractivity (Wildman–Crippen MR) is 137 cm³/mol. The Morgan fingerprint density at radius 2 is 1.79 bits per heavy atom. The maximum absolute atomic E-state index is 12.9. The molecule has 4 rings (SSSR count). The molecule has 1 aliphatic rings. The van der Waals surface area contributed by atoms with E-state index in [9.17, 15) is 9.59 Å². The van der Waals surface area contributed by atoms with Gasteiger partial charge in [-0.25, -0.2) is 0 Å². The molecular weight excluding hydrogens is 524 g/mol. The monoisotopic (exact) mass is 544 g/mol. The Hall–Kier alpha value is -2.48. The number of ether oxygens (including phenoxy) is 1. The average Bonchev–Trinajstić information content (AvgIpc) is 3.20. The quantitative estimate of drug-likeness (QED) is 0.315. The number of hydrogen-bond acceptors (Lipinski definition) is 4. The van der Waals surface area contributed by atoms with Crippen LogP contribution in [-0.4, -0.2) is 33.8 Å². The van der Waals surface area contributed by atoms with Crippen LogP contribution in [-0.2, 0) is 4.79 Å². The first-order valence-electron chi connectivity index (χ1n) is 10.3. The second-order valence-corrected chi connectivity index (χ2v) is 10.0. The molecule has 33 heavy (non-hydrogen) atoms. The van der Waals surface area contributed by atoms with E-state index in [4.69, 9.17) is 16.3 Å². The van der Waals surface area contributed by atoms with Crippen molar-refractivity contribution in [2.75, 3.05) is 13.2 Å². The summed E-state index contributed by atoms with van der Waals surface area (Å²) in [6, 6.07) is 15.2. The van der Waals surface area contributed by atoms with Gasteiger partial charge in [0.2, 0.25) is 0 Å². The topological polar surface area (TPSA) is 51.5 Å². The molecule has 0 spiro atoms. The SMILES string of the molecule is Cc1cc(-n2c(C)cc(/C=C3\SC(=O)N(CCOc4ccc(Cl)cc4)C3=O)c2C)ccc1Br. The van der Waals surface area contributed by atoms with Gasteiger partial charge in [0, 0.05) is 26.6 Å². The van der Waals surface area contributed by atoms with Crippen LogP contribution in [0.25, 0.3) is 11.8 Å². The van der Waals surface area contributed by atoms with E-state index in [-0.39, 0.29) is 24.3 Å². The first kappa shape index (κ1) is 23.7. The number of imide groups is 1. The minimum atomic E-state index is -0.297. The largest absolute Gasteiger partial charge is 0.492 e. The molecule has 2 heterocycles. The highest BCUT2D eigenvalue weighted by atomic mass is 79.9. The minimum absolute atomic E-state index is 0.182. The van der Waals surface area contributed by atoms with Crippen molar-refractivity contribution in [3.05, 3.63) is 85.4 Å². The molecule has 1 saturated heterocycles. The van der Waals surface area contributed by atoms with E-state index in [0.717, 1.165) is 44.4 Å². The van der Waals surface area contributed by atoms with Gasteiger partial charge in [-0.1, -0.05) is 27.5 Å². The van der Waals surface area contributed by atoms with Crippen LogP contribution in [0.15, 0.2) is 57.9 Å². The minimum Gasteiger partial charge on any atom is -0.492 e. The Kier molecular flexibility index (Phi) is 7.02. The van der Waals surface area contributed by atoms with Gasteiger partial charge < -0.3 is 9.30 Å². The Morgan fingerprint density at radius 1 is 1.06 bits per heavy atom. The summed E-state index contributed by atoms with van der Waals surface area (Å²) >= 11 is 10.4. The highest BCUT2D eigenvalue weighted by Crippen LogP contribution is 2.34. The number of aryl methyl sites for hydroxylation is 2. The van der Waals surface area contributed by atoms with Gasteiger partial charge in [0.25, 0.3) is 11.1 Å². The molecule has 5 nitrogen and oxygen atoms in total. The molecule has 1 aromatic heterocycles. The van der Waals surface area contributed by atoms with Crippen LogP contribution in [0, 0.1) is 20.8 Å². The van der Waals surface area contributed by atoms with Crippen LogP contribution in [0.1, 0.15) is 22.5 Å². The summed E-state index contributed by atoms with van der Waals surface area (Å²) < 4.78 is 8.84. The normalized spacial score (nSPS) is 15.1. The summed E-state index contributed by atoms with van der Waals surface area (Å²) in [4.78, 5) is 27.0. The first-order chi connectivity index (χ1) is 15.7. The third-order valence-corrected chi connectivity index (χ3v) is 7.48. The lowest BCUT2D eigenvalue weighted by molar-refractivity contribution is -0.123. The average molecular weight is 546 g/mol. The summed E-state index contributed by atoms with van der Waals surface area (Å²) in [6.45, 7) is 6.49. The van der Waals surface area contributed by atoms with Gasteiger partial charge in [-0.05, 0) is 98.3 Å². The molecule has 1 fully saturated rings. The van der Waals surface area contributed by atoms with Crippen LogP contribution >= 0.6 is 39.3 Å². The maximum Gasteiger partial charge on any atom is 0.293 e. The van der Waals surface area contributed by atoms with E-state index in [1.165, 1.54) is 4.90 Å². The zero-order valence-corrected chi connectivity index (χ0v) is 21.6. The lowest BCUT2D eigenvalue weighted by atomic mass is 10.2. The number of benzene rings is 2. The summed E-state index contributed by atoms with van der Waals surface area (Å²) in [5.74, 6) is 0.339. The molecule has 1 aliphatic heterocycles. The molecule has 8 heteroatoms. The molecule has 0 unspecified atom stereocenters. The second-order valence-electron chi connectivity index (χ2n) is 7.73. The van der Waals surface area contributed by atoms with Crippen LogP contribution < -0.4 is 4.74 Å². The molecule has 0 radical (unpaired) electrons. The number of aromatic nitrogens is 1. The zero-order chi connectivity index (χ0) is 23.7. The number of halogens is 2. The fourth-order valence-electron chi connectivity index (χ4n) is 3.72. The number of carbonyl (C=O) groups is 2. The number of amides is 2. The molecule has 2 aromatic carbocycles. The van der Waals surface area contributed by atoms with Crippen molar-refractivity contribution >= 4 is 56.5 Å². The van der Waals surface area contributed by atoms with E-state index in [1.807, 2.05) is 26.0 Å².